The third kappa shape index (κ3) is 77.7. The first kappa shape index (κ1) is 123. The Bertz CT molecular complexity index is 2500. The van der Waals surface area contributed by atoms with Crippen molar-refractivity contribution in [3.8, 4) is 11.8 Å². The number of nitrogens with zero attached hydrogens (tertiary/aromatic N) is 2. The van der Waals surface area contributed by atoms with Gasteiger partial charge in [-0.05, 0) is 117 Å². The van der Waals surface area contributed by atoms with E-state index in [1.54, 1.807) is 4.70 Å². The summed E-state index contributed by atoms with van der Waals surface area (Å²) in [7, 11) is 0. The second-order valence-electron chi connectivity index (χ2n) is 40.0. The van der Waals surface area contributed by atoms with E-state index < -0.39 is 0 Å². The van der Waals surface area contributed by atoms with Crippen LogP contribution in [0.4, 0.5) is 0 Å². The van der Waals surface area contributed by atoms with E-state index in [1.807, 2.05) is 0 Å². The molecule has 0 aliphatic carbocycles. The molecule has 0 atom stereocenters. The van der Waals surface area contributed by atoms with Gasteiger partial charge in [-0.3, -0.25) is 0 Å². The molecule has 0 spiro atoms. The molecule has 0 saturated heterocycles. The van der Waals surface area contributed by atoms with Crippen molar-refractivity contribution in [2.75, 3.05) is 0 Å². The molecule has 1 heterocycles. The fourth-order valence-electron chi connectivity index (χ4n) is 19.2. The first-order valence-corrected chi connectivity index (χ1v) is 57.6. The van der Waals surface area contributed by atoms with Gasteiger partial charge in [0.05, 0.1) is 0 Å². The number of aryl methyl sites for hydroxylation is 4. The van der Waals surface area contributed by atoms with E-state index >= 15 is 0 Å². The Morgan fingerprint density at radius 1 is 0.208 bits per heavy atom. The van der Waals surface area contributed by atoms with Crippen molar-refractivity contribution in [1.82, 2.24) is 0 Å². The smallest absolute Gasteiger partial charge is 0.493 e. The van der Waals surface area contributed by atoms with Crippen LogP contribution in [-0.4, -0.2) is 4.70 Å². The number of rotatable bonds is 93. The van der Waals surface area contributed by atoms with E-state index in [0.717, 1.165) is 86.7 Å². The Balaban J connectivity index is 0.00000215. The van der Waals surface area contributed by atoms with Crippen molar-refractivity contribution in [3.05, 3.63) is 100 Å². The van der Waals surface area contributed by atoms with Gasteiger partial charge in [0, 0.05) is 23.1 Å². The molecule has 0 aromatic heterocycles. The van der Waals surface area contributed by atoms with Gasteiger partial charge in [0.1, 0.15) is 5.57 Å². The van der Waals surface area contributed by atoms with Crippen LogP contribution in [0.5, 0.6) is 0 Å². The van der Waals surface area contributed by atoms with E-state index in [0.29, 0.717) is 0 Å². The quantitative estimate of drug-likeness (QED) is 0.0207. The van der Waals surface area contributed by atoms with Crippen molar-refractivity contribution < 1.29 is 21.2 Å². The molecule has 1 aliphatic rings. The molecule has 0 unspecified atom stereocenters. The summed E-state index contributed by atoms with van der Waals surface area (Å²) in [4.78, 5) is 0. The van der Waals surface area contributed by atoms with Crippen molar-refractivity contribution in [2.24, 2.45) is 0 Å². The van der Waals surface area contributed by atoms with E-state index in [9.17, 15) is 5.53 Å². The molecule has 2 aromatic carbocycles. The van der Waals surface area contributed by atoms with Gasteiger partial charge in [0.15, 0.2) is 0 Å². The maximum absolute atomic E-state index is 12.7. The minimum absolute atomic E-state index is 0. The Morgan fingerprint density at radius 2 is 0.384 bits per heavy atom. The molecule has 0 radical (unpaired) electrons. The molecule has 125 heavy (non-hydrogen) atoms. The molecule has 1 aliphatic heterocycles. The van der Waals surface area contributed by atoms with Crippen LogP contribution in [-0.2, 0) is 42.2 Å². The molecular weight excluding hydrogens is 1550 g/mol. The Morgan fingerprint density at radius 3 is 0.600 bits per heavy atom. The standard InChI is InChI=1S/C64H104N2.2C29H59.Ni/c1-7-13-19-20-21-22-23-24-25-26-27-28-29-30-31-32-33-34-35-36-37-38-42-48-62-61(47-41-16-10-4)63(59-51-55(43-17-11-5)49-56(52-59)44-18-12-6)66(65)64(62)60-53-57(45-39-14-8-2)50-58(54-60)46-40-15-9-3;2*1-3-5-7-9-11-13-15-17-19-21-23-25-27-29-28-26-24-22-20-18-16-14-12-10-8-6-4-2;/h49-54H,7-41,43-47H2,1-6H3;2*1,3-29H2,2H3;/q;2*-1;+2. The summed E-state index contributed by atoms with van der Waals surface area (Å²) in [5.41, 5.74) is 24.9. The van der Waals surface area contributed by atoms with Crippen LogP contribution in [0.2, 0.25) is 0 Å². The molecule has 3 rings (SSSR count). The molecule has 730 valence electrons. The first-order valence-electron chi connectivity index (χ1n) is 57.6. The maximum atomic E-state index is 12.7. The Hall–Kier alpha value is -2.43. The number of allylic oxidation sites excluding steroid dienone is 2. The molecule has 2 aromatic rings. The van der Waals surface area contributed by atoms with E-state index in [4.69, 9.17) is 0 Å². The van der Waals surface area contributed by atoms with Crippen molar-refractivity contribution >= 4 is 11.4 Å². The predicted molar refractivity (Wildman–Crippen MR) is 565 cm³/mol. The largest absolute Gasteiger partial charge is 2.00 e. The van der Waals surface area contributed by atoms with Crippen molar-refractivity contribution in [1.29, 1.82) is 0 Å². The minimum Gasteiger partial charge on any atom is -0.493 e. The Kier molecular flexibility index (Phi) is 98.6. The number of unbranched alkanes of at least 4 members (excludes halogenated alkanes) is 81. The Labute approximate surface area is 798 Å². The van der Waals surface area contributed by atoms with Gasteiger partial charge in [0.2, 0.25) is 11.4 Å². The van der Waals surface area contributed by atoms with Crippen molar-refractivity contribution in [2.45, 2.75) is 659 Å². The maximum Gasteiger partial charge on any atom is 2.00 e. The minimum atomic E-state index is 0. The molecule has 0 N–H and O–H groups in total. The summed E-state index contributed by atoms with van der Waals surface area (Å²) < 4.78 is 1.60. The van der Waals surface area contributed by atoms with Gasteiger partial charge in [0.25, 0.3) is 0 Å². The molecule has 0 amide bonds. The van der Waals surface area contributed by atoms with Crippen LogP contribution in [0.15, 0.2) is 47.5 Å². The summed E-state index contributed by atoms with van der Waals surface area (Å²) >= 11 is 0. The van der Waals surface area contributed by atoms with Gasteiger partial charge >= 0.3 is 16.5 Å². The average molecular weight is 1780 g/mol. The summed E-state index contributed by atoms with van der Waals surface area (Å²) in [6.45, 7) is 26.2. The van der Waals surface area contributed by atoms with Crippen LogP contribution < -0.4 is 0 Å². The third-order valence-corrected chi connectivity index (χ3v) is 27.5. The molecular formula is C122H222N2Ni. The monoisotopic (exact) mass is 1770 g/mol. The fourth-order valence-corrected chi connectivity index (χ4v) is 19.2. The van der Waals surface area contributed by atoms with Gasteiger partial charge in [-0.25, -0.2) is 4.70 Å². The number of benzene rings is 2. The topological polar surface area (TPSA) is 25.3 Å². The average Bonchev–Trinajstić information content (AvgIpc) is 1.60. The van der Waals surface area contributed by atoms with Crippen LogP contribution >= 0.6 is 0 Å². The SMILES string of the molecule is CCCCCCCCCCCCCCCCCCCCCCCC#CC1=C(c2cc(CCCCC)cc(CCCCC)c2)[N+](=[N-])C(c2cc(CCCC)cc(CCCC)c2)=C1CCCCC.[CH2-]CCCCCCCCCCCCCCCCCCCCCCCCCCCC.[CH2-]CCCCCCCCCCCCCCCCCCCCCCCCCCCC.[Ni+2]. The zero-order chi connectivity index (χ0) is 89.5. The van der Waals surface area contributed by atoms with Gasteiger partial charge in [-0.1, -0.05) is 593 Å². The zero-order valence-electron chi connectivity index (χ0n) is 86.6. The number of hydrogen-bond acceptors (Lipinski definition) is 0. The summed E-state index contributed by atoms with van der Waals surface area (Å²) in [6, 6.07) is 14.5. The van der Waals surface area contributed by atoms with E-state index in [1.165, 1.54) is 573 Å². The second-order valence-corrected chi connectivity index (χ2v) is 40.0. The van der Waals surface area contributed by atoms with Gasteiger partial charge < -0.3 is 19.4 Å². The van der Waals surface area contributed by atoms with Gasteiger partial charge in [-0.15, -0.1) is 0 Å². The van der Waals surface area contributed by atoms with Gasteiger partial charge in [-0.2, -0.15) is 12.8 Å². The summed E-state index contributed by atoms with van der Waals surface area (Å²) in [5.74, 6) is 7.52. The molecule has 3 heteroatoms. The molecule has 0 saturated carbocycles. The summed E-state index contributed by atoms with van der Waals surface area (Å²) in [5, 5.41) is 0. The van der Waals surface area contributed by atoms with Crippen LogP contribution in [0.3, 0.4) is 0 Å². The summed E-state index contributed by atoms with van der Waals surface area (Å²) in [6.07, 6.45) is 130. The van der Waals surface area contributed by atoms with Crippen LogP contribution in [0.1, 0.15) is 667 Å². The van der Waals surface area contributed by atoms with Crippen LogP contribution in [0, 0.1) is 25.7 Å². The number of hydrogen-bond donors (Lipinski definition) is 0. The fraction of sp³-hybridized carbons (Fsp3) is 0.836. The predicted octanol–water partition coefficient (Wildman–Crippen LogP) is 43.9. The molecule has 0 bridgehead atoms. The van der Waals surface area contributed by atoms with E-state index in [2.05, 4.69) is 117 Å². The normalized spacial score (nSPS) is 12.0. The molecule has 2 nitrogen and oxygen atoms in total. The third-order valence-electron chi connectivity index (χ3n) is 27.5. The molecule has 0 fully saturated rings. The van der Waals surface area contributed by atoms with Crippen molar-refractivity contribution in [3.63, 3.8) is 0 Å². The van der Waals surface area contributed by atoms with E-state index in [-0.39, 0.29) is 16.5 Å². The zero-order valence-corrected chi connectivity index (χ0v) is 87.5. The second kappa shape index (κ2) is 101. The van der Waals surface area contributed by atoms with Crippen LogP contribution in [0.25, 0.3) is 16.9 Å². The first-order chi connectivity index (χ1) is 61.3.